The van der Waals surface area contributed by atoms with Crippen LogP contribution in [0.2, 0.25) is 0 Å². The zero-order chi connectivity index (χ0) is 25.2. The molecule has 0 saturated heterocycles. The van der Waals surface area contributed by atoms with Gasteiger partial charge in [0.1, 0.15) is 17.2 Å². The molecule has 0 heterocycles. The van der Waals surface area contributed by atoms with Gasteiger partial charge < -0.3 is 24.8 Å². The Labute approximate surface area is 204 Å². The first kappa shape index (κ1) is 25.3. The van der Waals surface area contributed by atoms with Crippen molar-refractivity contribution < 1.29 is 28.6 Å². The van der Waals surface area contributed by atoms with Crippen molar-refractivity contribution in [3.8, 4) is 17.2 Å². The molecule has 0 atom stereocenters. The molecular formula is C27H28N2O6. The van der Waals surface area contributed by atoms with Crippen LogP contribution in [0.3, 0.4) is 0 Å². The highest BCUT2D eigenvalue weighted by Crippen LogP contribution is 2.36. The quantitative estimate of drug-likeness (QED) is 0.379. The molecule has 0 fully saturated rings. The van der Waals surface area contributed by atoms with Crippen molar-refractivity contribution in [1.29, 1.82) is 0 Å². The smallest absolute Gasteiger partial charge is 0.255 e. The number of carbonyl (C=O) groups is 3. The number of ketones is 1. The van der Waals surface area contributed by atoms with Gasteiger partial charge in [-0.05, 0) is 43.3 Å². The zero-order valence-electron chi connectivity index (χ0n) is 19.9. The highest BCUT2D eigenvalue weighted by Gasteiger charge is 2.17. The van der Waals surface area contributed by atoms with Gasteiger partial charge in [-0.15, -0.1) is 0 Å². The third kappa shape index (κ3) is 6.83. The molecule has 182 valence electrons. The van der Waals surface area contributed by atoms with Crippen LogP contribution in [0, 0.1) is 0 Å². The lowest BCUT2D eigenvalue weighted by Crippen LogP contribution is -2.15. The molecule has 0 bridgehead atoms. The Hall–Kier alpha value is -4.33. The molecule has 0 radical (unpaired) electrons. The summed E-state index contributed by atoms with van der Waals surface area (Å²) in [6.07, 6.45) is 0.0362. The third-order valence-corrected chi connectivity index (χ3v) is 5.15. The summed E-state index contributed by atoms with van der Waals surface area (Å²) in [5, 5.41) is 5.55. The second kappa shape index (κ2) is 12.2. The van der Waals surface area contributed by atoms with Gasteiger partial charge in [-0.1, -0.05) is 18.2 Å². The topological polar surface area (TPSA) is 103 Å². The number of ether oxygens (including phenoxy) is 3. The highest BCUT2D eigenvalue weighted by atomic mass is 16.5. The van der Waals surface area contributed by atoms with Crippen molar-refractivity contribution in [1.82, 2.24) is 0 Å². The number of hydrogen-bond donors (Lipinski definition) is 2. The molecule has 0 unspecified atom stereocenters. The van der Waals surface area contributed by atoms with E-state index < -0.39 is 0 Å². The molecule has 0 aliphatic rings. The number of benzene rings is 3. The summed E-state index contributed by atoms with van der Waals surface area (Å²) in [6.45, 7) is 2.43. The van der Waals surface area contributed by atoms with Crippen molar-refractivity contribution in [2.75, 3.05) is 31.5 Å². The lowest BCUT2D eigenvalue weighted by molar-refractivity contribution is -0.116. The van der Waals surface area contributed by atoms with Gasteiger partial charge in [0, 0.05) is 36.1 Å². The molecular weight excluding hydrogens is 448 g/mol. The fraction of sp³-hybridized carbons (Fsp3) is 0.222. The second-order valence-corrected chi connectivity index (χ2v) is 7.50. The number of nitrogens with one attached hydrogen (secondary N) is 2. The van der Waals surface area contributed by atoms with Crippen LogP contribution in [-0.2, 0) is 4.79 Å². The molecule has 8 heteroatoms. The molecule has 2 amide bonds. The number of carbonyl (C=O) groups excluding carboxylic acids is 3. The van der Waals surface area contributed by atoms with Crippen molar-refractivity contribution in [2.45, 2.75) is 19.8 Å². The first-order chi connectivity index (χ1) is 16.9. The SMILES string of the molecule is CCOc1ccc(C(=O)CCC(=O)Nc2cc(OC)c(NC(=O)c3ccccc3)cc2OC)cc1. The van der Waals surface area contributed by atoms with E-state index in [2.05, 4.69) is 10.6 Å². The average Bonchev–Trinajstić information content (AvgIpc) is 2.88. The number of methoxy groups -OCH3 is 2. The Balaban J connectivity index is 1.65. The minimum atomic E-state index is -0.356. The third-order valence-electron chi connectivity index (χ3n) is 5.15. The maximum atomic E-state index is 12.6. The molecule has 0 aromatic heterocycles. The molecule has 0 spiro atoms. The van der Waals surface area contributed by atoms with Crippen molar-refractivity contribution >= 4 is 29.0 Å². The Morgan fingerprint density at radius 2 is 1.34 bits per heavy atom. The van der Waals surface area contributed by atoms with Crippen LogP contribution in [0.15, 0.2) is 66.7 Å². The van der Waals surface area contributed by atoms with E-state index in [0.29, 0.717) is 46.4 Å². The standard InChI is InChI=1S/C27H28N2O6/c1-4-35-20-12-10-18(11-13-20)23(30)14-15-26(31)28-21-16-25(34-3)22(17-24(21)33-2)29-27(32)19-8-6-5-7-9-19/h5-13,16-17H,4,14-15H2,1-3H3,(H,28,31)(H,29,32). The lowest BCUT2D eigenvalue weighted by Gasteiger charge is -2.16. The average molecular weight is 477 g/mol. The van der Waals surface area contributed by atoms with E-state index in [9.17, 15) is 14.4 Å². The maximum absolute atomic E-state index is 12.6. The van der Waals surface area contributed by atoms with Gasteiger partial charge in [-0.3, -0.25) is 14.4 Å². The maximum Gasteiger partial charge on any atom is 0.255 e. The summed E-state index contributed by atoms with van der Waals surface area (Å²) in [5.74, 6) is 0.551. The molecule has 0 aliphatic carbocycles. The number of hydrogen-bond acceptors (Lipinski definition) is 6. The first-order valence-corrected chi connectivity index (χ1v) is 11.1. The number of Topliss-reactive ketones (excluding diaryl/α,β-unsaturated/α-hetero) is 1. The van der Waals surface area contributed by atoms with Crippen LogP contribution in [0.1, 0.15) is 40.5 Å². The fourth-order valence-electron chi connectivity index (χ4n) is 3.36. The monoisotopic (exact) mass is 476 g/mol. The Morgan fingerprint density at radius 3 is 1.91 bits per heavy atom. The van der Waals surface area contributed by atoms with Crippen LogP contribution in [0.4, 0.5) is 11.4 Å². The van der Waals surface area contributed by atoms with E-state index in [1.54, 1.807) is 60.7 Å². The summed E-state index contributed by atoms with van der Waals surface area (Å²) in [6, 6.07) is 18.7. The normalized spacial score (nSPS) is 10.3. The van der Waals surface area contributed by atoms with Gasteiger partial charge >= 0.3 is 0 Å². The van der Waals surface area contributed by atoms with Crippen LogP contribution in [0.5, 0.6) is 17.2 Å². The van der Waals surface area contributed by atoms with Gasteiger partial charge in [-0.25, -0.2) is 0 Å². The van der Waals surface area contributed by atoms with Gasteiger partial charge in [0.2, 0.25) is 5.91 Å². The van der Waals surface area contributed by atoms with E-state index in [-0.39, 0.29) is 30.4 Å². The van der Waals surface area contributed by atoms with Gasteiger partial charge in [0.25, 0.3) is 5.91 Å². The van der Waals surface area contributed by atoms with Gasteiger partial charge in [-0.2, -0.15) is 0 Å². The molecule has 2 N–H and O–H groups in total. The molecule has 8 nitrogen and oxygen atoms in total. The van der Waals surface area contributed by atoms with E-state index in [1.165, 1.54) is 14.2 Å². The summed E-state index contributed by atoms with van der Waals surface area (Å²) >= 11 is 0. The van der Waals surface area contributed by atoms with E-state index in [4.69, 9.17) is 14.2 Å². The fourth-order valence-corrected chi connectivity index (χ4v) is 3.36. The largest absolute Gasteiger partial charge is 0.494 e. The zero-order valence-corrected chi connectivity index (χ0v) is 19.9. The first-order valence-electron chi connectivity index (χ1n) is 11.1. The van der Waals surface area contributed by atoms with Crippen LogP contribution in [-0.4, -0.2) is 38.4 Å². The summed E-state index contributed by atoms with van der Waals surface area (Å²) in [7, 11) is 2.91. The minimum Gasteiger partial charge on any atom is -0.494 e. The molecule has 3 aromatic carbocycles. The summed E-state index contributed by atoms with van der Waals surface area (Å²) in [4.78, 5) is 37.6. The molecule has 35 heavy (non-hydrogen) atoms. The van der Waals surface area contributed by atoms with E-state index in [0.717, 1.165) is 0 Å². The Morgan fingerprint density at radius 1 is 0.743 bits per heavy atom. The second-order valence-electron chi connectivity index (χ2n) is 7.50. The van der Waals surface area contributed by atoms with Crippen molar-refractivity contribution in [3.63, 3.8) is 0 Å². The van der Waals surface area contributed by atoms with Crippen LogP contribution >= 0.6 is 0 Å². The minimum absolute atomic E-state index is 0.00991. The Bertz CT molecular complexity index is 1180. The van der Waals surface area contributed by atoms with Crippen LogP contribution < -0.4 is 24.8 Å². The molecule has 0 aliphatic heterocycles. The predicted molar refractivity (Wildman–Crippen MR) is 134 cm³/mol. The number of rotatable bonds is 11. The highest BCUT2D eigenvalue weighted by molar-refractivity contribution is 6.06. The lowest BCUT2D eigenvalue weighted by atomic mass is 10.1. The number of amides is 2. The van der Waals surface area contributed by atoms with Gasteiger partial charge in [0.05, 0.1) is 32.2 Å². The predicted octanol–water partition coefficient (Wildman–Crippen LogP) is 4.96. The van der Waals surface area contributed by atoms with E-state index >= 15 is 0 Å². The van der Waals surface area contributed by atoms with Crippen molar-refractivity contribution in [2.24, 2.45) is 0 Å². The summed E-state index contributed by atoms with van der Waals surface area (Å²) in [5.41, 5.74) is 1.75. The molecule has 3 rings (SSSR count). The van der Waals surface area contributed by atoms with Gasteiger partial charge in [0.15, 0.2) is 5.78 Å². The molecule has 0 saturated carbocycles. The van der Waals surface area contributed by atoms with Crippen molar-refractivity contribution in [3.05, 3.63) is 77.9 Å². The van der Waals surface area contributed by atoms with E-state index in [1.807, 2.05) is 13.0 Å². The number of anilines is 2. The molecule has 3 aromatic rings. The Kier molecular flexibility index (Phi) is 8.83. The summed E-state index contributed by atoms with van der Waals surface area (Å²) < 4.78 is 16.2. The van der Waals surface area contributed by atoms with Crippen LogP contribution in [0.25, 0.3) is 0 Å².